The zero-order valence-corrected chi connectivity index (χ0v) is 21.3. The van der Waals surface area contributed by atoms with Crippen LogP contribution in [0.5, 0.6) is 0 Å². The average Bonchev–Trinajstić information content (AvgIpc) is 3.63. The number of pyridine rings is 4. The van der Waals surface area contributed by atoms with Crippen molar-refractivity contribution in [2.24, 2.45) is 0 Å². The van der Waals surface area contributed by atoms with Crippen LogP contribution in [-0.4, -0.2) is 46.0 Å². The van der Waals surface area contributed by atoms with E-state index in [0.29, 0.717) is 50.7 Å². The molecule has 6 heterocycles. The molecule has 0 fully saturated rings. The van der Waals surface area contributed by atoms with Crippen molar-refractivity contribution in [1.82, 2.24) is 40.1 Å². The van der Waals surface area contributed by atoms with Crippen molar-refractivity contribution < 1.29 is 9.18 Å². The highest BCUT2D eigenvalue weighted by atomic mass is 19.1. The summed E-state index contributed by atoms with van der Waals surface area (Å²) >= 11 is 0. The Morgan fingerprint density at radius 2 is 1.73 bits per heavy atom. The highest BCUT2D eigenvalue weighted by Gasteiger charge is 2.22. The maximum Gasteiger partial charge on any atom is 0.228 e. The van der Waals surface area contributed by atoms with Gasteiger partial charge in [0.05, 0.1) is 46.6 Å². The number of aromatic amines is 2. The molecule has 11 heteroatoms. The average molecular weight is 542 g/mol. The summed E-state index contributed by atoms with van der Waals surface area (Å²) in [6.07, 6.45) is 8.07. The van der Waals surface area contributed by atoms with E-state index in [1.807, 2.05) is 48.5 Å². The van der Waals surface area contributed by atoms with Crippen molar-refractivity contribution in [2.45, 2.75) is 6.42 Å². The normalized spacial score (nSPS) is 11.2. The van der Waals surface area contributed by atoms with Gasteiger partial charge >= 0.3 is 0 Å². The van der Waals surface area contributed by atoms with E-state index in [0.717, 1.165) is 5.56 Å². The third-order valence-electron chi connectivity index (χ3n) is 6.58. The van der Waals surface area contributed by atoms with E-state index in [4.69, 9.17) is 4.98 Å². The number of carbonyl (C=O) groups excluding carboxylic acids is 1. The standard InChI is InChI=1S/C30H20FN9O/c31-25-24-22(16-35-26(25)18-13-19(15-32-14-18)36-23(41)12-17-6-2-1-3-7-17)39-40-29(24)30-37-21-9-11-34-27(28(21)38-30)20-8-4-5-10-33-20/h1-11,13-16H,12H2,(H,36,41)(H,37,38)(H,39,40). The van der Waals surface area contributed by atoms with Gasteiger partial charge in [-0.15, -0.1) is 0 Å². The van der Waals surface area contributed by atoms with Crippen LogP contribution in [0.25, 0.3) is 56.1 Å². The summed E-state index contributed by atoms with van der Waals surface area (Å²) in [6, 6.07) is 18.4. The number of carbonyl (C=O) groups is 1. The number of H-pyrrole nitrogens is 2. The zero-order valence-electron chi connectivity index (χ0n) is 21.3. The number of benzene rings is 1. The summed E-state index contributed by atoms with van der Waals surface area (Å²) in [5.74, 6) is -0.433. The second-order valence-corrected chi connectivity index (χ2v) is 9.31. The zero-order chi connectivity index (χ0) is 27.8. The van der Waals surface area contributed by atoms with Gasteiger partial charge in [-0.25, -0.2) is 9.37 Å². The lowest BCUT2D eigenvalue weighted by Crippen LogP contribution is -2.14. The van der Waals surface area contributed by atoms with Gasteiger partial charge in [0.1, 0.15) is 22.6 Å². The smallest absolute Gasteiger partial charge is 0.228 e. The first kappa shape index (κ1) is 24.2. The number of anilines is 1. The van der Waals surface area contributed by atoms with E-state index < -0.39 is 5.82 Å². The lowest BCUT2D eigenvalue weighted by Gasteiger charge is -2.08. The lowest BCUT2D eigenvalue weighted by atomic mass is 10.1. The molecule has 0 saturated carbocycles. The molecule has 0 spiro atoms. The molecule has 198 valence electrons. The molecule has 7 aromatic rings. The third-order valence-corrected chi connectivity index (χ3v) is 6.58. The van der Waals surface area contributed by atoms with E-state index in [2.05, 4.69) is 40.4 Å². The third kappa shape index (κ3) is 4.55. The van der Waals surface area contributed by atoms with Gasteiger partial charge in [-0.05, 0) is 29.8 Å². The quantitative estimate of drug-likeness (QED) is 0.258. The van der Waals surface area contributed by atoms with E-state index in [1.165, 1.54) is 18.6 Å². The first-order valence-electron chi connectivity index (χ1n) is 12.7. The number of nitrogens with zero attached hydrogens (tertiary/aromatic N) is 6. The molecule has 1 amide bonds. The van der Waals surface area contributed by atoms with Gasteiger partial charge in [0, 0.05) is 24.2 Å². The fourth-order valence-corrected chi connectivity index (χ4v) is 4.71. The van der Waals surface area contributed by atoms with E-state index >= 15 is 4.39 Å². The van der Waals surface area contributed by atoms with Crippen LogP contribution in [0, 0.1) is 5.82 Å². The summed E-state index contributed by atoms with van der Waals surface area (Å²) in [6.45, 7) is 0. The van der Waals surface area contributed by atoms with E-state index in [1.54, 1.807) is 24.5 Å². The fraction of sp³-hybridized carbons (Fsp3) is 0.0333. The molecule has 10 nitrogen and oxygen atoms in total. The highest BCUT2D eigenvalue weighted by molar-refractivity contribution is 5.97. The van der Waals surface area contributed by atoms with Crippen molar-refractivity contribution in [3.05, 3.63) is 103 Å². The van der Waals surface area contributed by atoms with Crippen molar-refractivity contribution in [1.29, 1.82) is 0 Å². The molecule has 0 unspecified atom stereocenters. The Labute approximate surface area is 231 Å². The van der Waals surface area contributed by atoms with Gasteiger partial charge in [-0.3, -0.25) is 29.8 Å². The first-order valence-corrected chi connectivity index (χ1v) is 12.7. The Morgan fingerprint density at radius 1 is 0.854 bits per heavy atom. The molecule has 0 aliphatic heterocycles. The Balaban J connectivity index is 1.24. The number of fused-ring (bicyclic) bond motifs is 2. The van der Waals surface area contributed by atoms with Crippen molar-refractivity contribution in [3.63, 3.8) is 0 Å². The molecule has 0 aliphatic carbocycles. The minimum atomic E-state index is -0.593. The fourth-order valence-electron chi connectivity index (χ4n) is 4.71. The summed E-state index contributed by atoms with van der Waals surface area (Å²) in [5.41, 5.74) is 5.07. The molecule has 3 N–H and O–H groups in total. The maximum absolute atomic E-state index is 16.1. The van der Waals surface area contributed by atoms with Crippen LogP contribution >= 0.6 is 0 Å². The number of amides is 1. The van der Waals surface area contributed by atoms with Crippen molar-refractivity contribution in [3.8, 4) is 34.2 Å². The number of halogens is 1. The molecular weight excluding hydrogens is 521 g/mol. The van der Waals surface area contributed by atoms with Crippen molar-refractivity contribution in [2.75, 3.05) is 5.32 Å². The largest absolute Gasteiger partial charge is 0.336 e. The number of imidazole rings is 1. The monoisotopic (exact) mass is 541 g/mol. The van der Waals surface area contributed by atoms with Gasteiger partial charge in [-0.2, -0.15) is 5.10 Å². The van der Waals surface area contributed by atoms with Gasteiger partial charge in [0.25, 0.3) is 0 Å². The van der Waals surface area contributed by atoms with Gasteiger partial charge in [0.2, 0.25) is 5.91 Å². The van der Waals surface area contributed by atoms with E-state index in [9.17, 15) is 4.79 Å². The topological polar surface area (TPSA) is 138 Å². The molecule has 0 radical (unpaired) electrons. The number of nitrogens with one attached hydrogen (secondary N) is 3. The Morgan fingerprint density at radius 3 is 2.59 bits per heavy atom. The molecular formula is C30H20FN9O. The second kappa shape index (κ2) is 10.0. The molecule has 7 rings (SSSR count). The van der Waals surface area contributed by atoms with Crippen LogP contribution in [0.2, 0.25) is 0 Å². The van der Waals surface area contributed by atoms with Gasteiger partial charge in [0.15, 0.2) is 11.6 Å². The van der Waals surface area contributed by atoms with Gasteiger partial charge < -0.3 is 10.3 Å². The van der Waals surface area contributed by atoms with E-state index in [-0.39, 0.29) is 23.4 Å². The molecule has 41 heavy (non-hydrogen) atoms. The maximum atomic E-state index is 16.1. The van der Waals surface area contributed by atoms with Crippen LogP contribution < -0.4 is 5.32 Å². The predicted octanol–water partition coefficient (Wildman–Crippen LogP) is 5.34. The van der Waals surface area contributed by atoms with Crippen LogP contribution in [-0.2, 0) is 11.2 Å². The minimum absolute atomic E-state index is 0.0683. The Hall–Kier alpha value is -5.84. The summed E-state index contributed by atoms with van der Waals surface area (Å²) in [4.78, 5) is 37.9. The summed E-state index contributed by atoms with van der Waals surface area (Å²) in [5, 5.41) is 10.2. The first-order chi connectivity index (χ1) is 20.1. The van der Waals surface area contributed by atoms with Crippen LogP contribution in [0.1, 0.15) is 5.56 Å². The summed E-state index contributed by atoms with van der Waals surface area (Å²) < 4.78 is 16.1. The van der Waals surface area contributed by atoms with Crippen LogP contribution in [0.4, 0.5) is 10.1 Å². The molecule has 0 saturated heterocycles. The van der Waals surface area contributed by atoms with Crippen LogP contribution in [0.3, 0.4) is 0 Å². The molecule has 0 aliphatic rings. The second-order valence-electron chi connectivity index (χ2n) is 9.31. The SMILES string of the molecule is O=C(Cc1ccccc1)Nc1cncc(-c2ncc3[nH]nc(-c4nc5c(-c6ccccn6)nccc5[nH]4)c3c2F)c1. The Kier molecular flexibility index (Phi) is 5.93. The predicted molar refractivity (Wildman–Crippen MR) is 152 cm³/mol. The minimum Gasteiger partial charge on any atom is -0.336 e. The Bertz CT molecular complexity index is 2040. The van der Waals surface area contributed by atoms with Crippen molar-refractivity contribution >= 4 is 33.5 Å². The number of aromatic nitrogens is 8. The molecule has 0 bridgehead atoms. The highest BCUT2D eigenvalue weighted by Crippen LogP contribution is 2.34. The lowest BCUT2D eigenvalue weighted by molar-refractivity contribution is -0.115. The van der Waals surface area contributed by atoms with Gasteiger partial charge in [-0.1, -0.05) is 36.4 Å². The molecule has 0 atom stereocenters. The molecule has 6 aromatic heterocycles. The number of hydrogen-bond acceptors (Lipinski definition) is 7. The number of rotatable bonds is 6. The summed E-state index contributed by atoms with van der Waals surface area (Å²) in [7, 11) is 0. The molecule has 1 aromatic carbocycles. The van der Waals surface area contributed by atoms with Crippen LogP contribution in [0.15, 0.2) is 91.6 Å². The number of hydrogen-bond donors (Lipinski definition) is 3.